The van der Waals surface area contributed by atoms with E-state index in [-0.39, 0.29) is 5.82 Å². The minimum absolute atomic E-state index is 0.267. The maximum atomic E-state index is 13.7. The molecule has 0 aliphatic rings. The molecule has 0 spiro atoms. The molecule has 0 amide bonds. The van der Waals surface area contributed by atoms with Gasteiger partial charge in [0, 0.05) is 13.1 Å². The number of aliphatic hydroxyl groups excluding tert-OH is 1. The van der Waals surface area contributed by atoms with E-state index in [1.807, 2.05) is 18.7 Å². The number of benzene rings is 1. The van der Waals surface area contributed by atoms with Crippen molar-refractivity contribution in [2.24, 2.45) is 0 Å². The zero-order valence-corrected chi connectivity index (χ0v) is 9.50. The average Bonchev–Trinajstić information content (AvgIpc) is 2.21. The molecule has 1 aromatic rings. The van der Waals surface area contributed by atoms with E-state index in [9.17, 15) is 9.50 Å². The van der Waals surface area contributed by atoms with Crippen molar-refractivity contribution in [2.75, 3.05) is 18.0 Å². The maximum Gasteiger partial charge on any atom is 0.146 e. The van der Waals surface area contributed by atoms with Crippen LogP contribution in [0.4, 0.5) is 10.1 Å². The van der Waals surface area contributed by atoms with Crippen LogP contribution < -0.4 is 4.90 Å². The van der Waals surface area contributed by atoms with E-state index in [0.717, 1.165) is 13.1 Å². The fourth-order valence-corrected chi connectivity index (χ4v) is 1.60. The Kier molecular flexibility index (Phi) is 4.09. The Morgan fingerprint density at radius 2 is 1.93 bits per heavy atom. The van der Waals surface area contributed by atoms with Gasteiger partial charge >= 0.3 is 0 Å². The quantitative estimate of drug-likeness (QED) is 0.827. The first kappa shape index (κ1) is 12.0. The smallest absolute Gasteiger partial charge is 0.146 e. The van der Waals surface area contributed by atoms with Gasteiger partial charge in [-0.2, -0.15) is 0 Å². The third-order valence-corrected chi connectivity index (χ3v) is 2.56. The Morgan fingerprint density at radius 1 is 1.33 bits per heavy atom. The summed E-state index contributed by atoms with van der Waals surface area (Å²) in [6.45, 7) is 7.17. The van der Waals surface area contributed by atoms with Crippen LogP contribution in [0.1, 0.15) is 32.4 Å². The minimum Gasteiger partial charge on any atom is -0.389 e. The highest BCUT2D eigenvalue weighted by atomic mass is 19.1. The van der Waals surface area contributed by atoms with Gasteiger partial charge < -0.3 is 10.0 Å². The lowest BCUT2D eigenvalue weighted by molar-refractivity contribution is 0.199. The van der Waals surface area contributed by atoms with Crippen molar-refractivity contribution in [3.05, 3.63) is 29.6 Å². The number of rotatable bonds is 4. The van der Waals surface area contributed by atoms with Crippen molar-refractivity contribution in [1.82, 2.24) is 0 Å². The van der Waals surface area contributed by atoms with E-state index < -0.39 is 6.10 Å². The Hall–Kier alpha value is -1.09. The number of aliphatic hydroxyl groups is 1. The van der Waals surface area contributed by atoms with Gasteiger partial charge in [0.25, 0.3) is 0 Å². The van der Waals surface area contributed by atoms with E-state index in [0.29, 0.717) is 11.3 Å². The molecule has 15 heavy (non-hydrogen) atoms. The van der Waals surface area contributed by atoms with Crippen LogP contribution in [-0.4, -0.2) is 18.2 Å². The van der Waals surface area contributed by atoms with E-state index in [1.54, 1.807) is 19.1 Å². The van der Waals surface area contributed by atoms with Gasteiger partial charge in [0.1, 0.15) is 5.82 Å². The SMILES string of the molecule is CCN(CC)c1ccc([C@H](C)O)cc1F. The molecule has 0 saturated carbocycles. The molecule has 1 N–H and O–H groups in total. The summed E-state index contributed by atoms with van der Waals surface area (Å²) in [6.07, 6.45) is -0.620. The normalized spacial score (nSPS) is 12.6. The van der Waals surface area contributed by atoms with E-state index >= 15 is 0 Å². The number of hydrogen-bond acceptors (Lipinski definition) is 2. The molecule has 1 aromatic carbocycles. The van der Waals surface area contributed by atoms with Crippen LogP contribution in [0, 0.1) is 5.82 Å². The first-order chi connectivity index (χ1) is 7.10. The highest BCUT2D eigenvalue weighted by Crippen LogP contribution is 2.23. The molecule has 0 fully saturated rings. The molecule has 0 saturated heterocycles. The van der Waals surface area contributed by atoms with Gasteiger partial charge in [0.05, 0.1) is 11.8 Å². The first-order valence-corrected chi connectivity index (χ1v) is 5.32. The minimum atomic E-state index is -0.620. The predicted octanol–water partition coefficient (Wildman–Crippen LogP) is 2.73. The summed E-state index contributed by atoms with van der Waals surface area (Å²) in [7, 11) is 0. The Labute approximate surface area is 90.3 Å². The van der Waals surface area contributed by atoms with Crippen molar-refractivity contribution in [2.45, 2.75) is 26.9 Å². The molecule has 0 bridgehead atoms. The second-order valence-electron chi connectivity index (χ2n) is 3.56. The Balaban J connectivity index is 3.02. The molecule has 0 aliphatic carbocycles. The maximum absolute atomic E-state index is 13.7. The summed E-state index contributed by atoms with van der Waals surface area (Å²) in [5.74, 6) is -0.267. The average molecular weight is 211 g/mol. The molecule has 1 rings (SSSR count). The summed E-state index contributed by atoms with van der Waals surface area (Å²) < 4.78 is 13.7. The summed E-state index contributed by atoms with van der Waals surface area (Å²) >= 11 is 0. The Bertz CT molecular complexity index is 321. The fourth-order valence-electron chi connectivity index (χ4n) is 1.60. The number of nitrogens with zero attached hydrogens (tertiary/aromatic N) is 1. The fraction of sp³-hybridized carbons (Fsp3) is 0.500. The second-order valence-corrected chi connectivity index (χ2v) is 3.56. The predicted molar refractivity (Wildman–Crippen MR) is 60.6 cm³/mol. The molecule has 0 heterocycles. The molecule has 1 atom stereocenters. The van der Waals surface area contributed by atoms with Gasteiger partial charge in [-0.05, 0) is 38.5 Å². The van der Waals surface area contributed by atoms with Crippen LogP contribution in [0.5, 0.6) is 0 Å². The Morgan fingerprint density at radius 3 is 2.33 bits per heavy atom. The molecule has 0 unspecified atom stereocenters. The lowest BCUT2D eigenvalue weighted by Gasteiger charge is -2.22. The summed E-state index contributed by atoms with van der Waals surface area (Å²) in [6, 6.07) is 4.89. The first-order valence-electron chi connectivity index (χ1n) is 5.32. The van der Waals surface area contributed by atoms with Gasteiger partial charge in [-0.1, -0.05) is 6.07 Å². The molecular formula is C12H18FNO. The van der Waals surface area contributed by atoms with Crippen LogP contribution in [0.15, 0.2) is 18.2 Å². The van der Waals surface area contributed by atoms with Crippen LogP contribution in [0.2, 0.25) is 0 Å². The molecule has 0 radical (unpaired) electrons. The van der Waals surface area contributed by atoms with Crippen LogP contribution in [-0.2, 0) is 0 Å². The monoisotopic (exact) mass is 211 g/mol. The summed E-state index contributed by atoms with van der Waals surface area (Å²) in [5.41, 5.74) is 1.22. The molecular weight excluding hydrogens is 193 g/mol. The topological polar surface area (TPSA) is 23.5 Å². The van der Waals surface area contributed by atoms with Crippen molar-refractivity contribution in [1.29, 1.82) is 0 Å². The zero-order valence-electron chi connectivity index (χ0n) is 9.50. The molecule has 0 aromatic heterocycles. The van der Waals surface area contributed by atoms with Crippen LogP contribution in [0.3, 0.4) is 0 Å². The third kappa shape index (κ3) is 2.69. The van der Waals surface area contributed by atoms with Gasteiger partial charge in [-0.3, -0.25) is 0 Å². The largest absolute Gasteiger partial charge is 0.389 e. The van der Waals surface area contributed by atoms with Gasteiger partial charge in [-0.15, -0.1) is 0 Å². The molecule has 84 valence electrons. The van der Waals surface area contributed by atoms with Crippen LogP contribution in [0.25, 0.3) is 0 Å². The van der Waals surface area contributed by atoms with Crippen LogP contribution >= 0.6 is 0 Å². The van der Waals surface area contributed by atoms with Crippen molar-refractivity contribution in [3.63, 3.8) is 0 Å². The zero-order chi connectivity index (χ0) is 11.4. The molecule has 0 aliphatic heterocycles. The summed E-state index contributed by atoms with van der Waals surface area (Å²) in [5, 5.41) is 9.31. The van der Waals surface area contributed by atoms with Gasteiger partial charge in [0.15, 0.2) is 0 Å². The number of hydrogen-bond donors (Lipinski definition) is 1. The lowest BCUT2D eigenvalue weighted by Crippen LogP contribution is -2.23. The van der Waals surface area contributed by atoms with Gasteiger partial charge in [0.2, 0.25) is 0 Å². The van der Waals surface area contributed by atoms with Gasteiger partial charge in [-0.25, -0.2) is 4.39 Å². The highest BCUT2D eigenvalue weighted by Gasteiger charge is 2.10. The van der Waals surface area contributed by atoms with Crippen molar-refractivity contribution < 1.29 is 9.50 Å². The highest BCUT2D eigenvalue weighted by molar-refractivity contribution is 5.49. The number of halogens is 1. The van der Waals surface area contributed by atoms with E-state index in [2.05, 4.69) is 0 Å². The second kappa shape index (κ2) is 5.12. The molecule has 3 heteroatoms. The van der Waals surface area contributed by atoms with E-state index in [4.69, 9.17) is 0 Å². The van der Waals surface area contributed by atoms with Crippen molar-refractivity contribution >= 4 is 5.69 Å². The molecule has 2 nitrogen and oxygen atoms in total. The van der Waals surface area contributed by atoms with Crippen molar-refractivity contribution in [3.8, 4) is 0 Å². The lowest BCUT2D eigenvalue weighted by atomic mass is 10.1. The summed E-state index contributed by atoms with van der Waals surface area (Å²) in [4.78, 5) is 1.95. The van der Waals surface area contributed by atoms with E-state index in [1.165, 1.54) is 6.07 Å². The number of anilines is 1. The third-order valence-electron chi connectivity index (χ3n) is 2.56. The standard InChI is InChI=1S/C12H18FNO/c1-4-14(5-2)12-7-6-10(9(3)15)8-11(12)13/h6-9,15H,4-5H2,1-3H3/t9-/m0/s1.